The normalized spacial score (nSPS) is 11.3. The molecule has 0 aromatic carbocycles. The van der Waals surface area contributed by atoms with Crippen LogP contribution in [0.5, 0.6) is 0 Å². The number of hydrogen-bond donors (Lipinski definition) is 1. The fourth-order valence-electron chi connectivity index (χ4n) is 1.86. The molecular weight excluding hydrogens is 250 g/mol. The van der Waals surface area contributed by atoms with Crippen molar-refractivity contribution in [3.05, 3.63) is 36.5 Å². The highest BCUT2D eigenvalue weighted by atomic mass is 16.2. The number of hydrogen-bond acceptors (Lipinski definition) is 3. The highest BCUT2D eigenvalue weighted by molar-refractivity contribution is 5.93. The highest BCUT2D eigenvalue weighted by Gasteiger charge is 2.27. The first-order valence-electron chi connectivity index (χ1n) is 6.92. The fraction of sp³-hybridized carbons (Fsp3) is 0.500. The number of anilines is 1. The van der Waals surface area contributed by atoms with Gasteiger partial charge in [0.15, 0.2) is 0 Å². The lowest BCUT2D eigenvalue weighted by Crippen LogP contribution is -2.46. The predicted octanol–water partition coefficient (Wildman–Crippen LogP) is 3.33. The summed E-state index contributed by atoms with van der Waals surface area (Å²) >= 11 is 0. The molecule has 0 radical (unpaired) electrons. The van der Waals surface area contributed by atoms with E-state index in [-0.39, 0.29) is 17.5 Å². The van der Waals surface area contributed by atoms with Crippen LogP contribution < -0.4 is 5.32 Å². The molecule has 20 heavy (non-hydrogen) atoms. The van der Waals surface area contributed by atoms with Crippen LogP contribution in [0.25, 0.3) is 0 Å². The number of nitrogens with zero attached hydrogens (tertiary/aromatic N) is 2. The van der Waals surface area contributed by atoms with Gasteiger partial charge in [-0.1, -0.05) is 12.1 Å². The smallest absolute Gasteiger partial charge is 0.273 e. The quantitative estimate of drug-likeness (QED) is 0.838. The molecule has 1 aromatic rings. The Kier molecular flexibility index (Phi) is 5.31. The summed E-state index contributed by atoms with van der Waals surface area (Å²) in [7, 11) is 0. The number of aromatic nitrogens is 1. The molecule has 0 aliphatic heterocycles. The topological polar surface area (TPSA) is 45.2 Å². The van der Waals surface area contributed by atoms with Crippen molar-refractivity contribution >= 4 is 11.7 Å². The van der Waals surface area contributed by atoms with Crippen molar-refractivity contribution in [2.75, 3.05) is 11.9 Å². The highest BCUT2D eigenvalue weighted by Crippen LogP contribution is 2.17. The maximum Gasteiger partial charge on any atom is 0.273 e. The van der Waals surface area contributed by atoms with E-state index in [1.54, 1.807) is 17.0 Å². The van der Waals surface area contributed by atoms with E-state index >= 15 is 0 Å². The van der Waals surface area contributed by atoms with Gasteiger partial charge in [-0.25, -0.2) is 4.98 Å². The lowest BCUT2D eigenvalue weighted by atomic mass is 10.1. The van der Waals surface area contributed by atoms with E-state index in [1.165, 1.54) is 0 Å². The third kappa shape index (κ3) is 4.37. The van der Waals surface area contributed by atoms with Crippen molar-refractivity contribution in [3.63, 3.8) is 0 Å². The van der Waals surface area contributed by atoms with E-state index in [1.807, 2.05) is 46.8 Å². The number of amides is 1. The van der Waals surface area contributed by atoms with Crippen LogP contribution in [0.2, 0.25) is 0 Å². The second-order valence-corrected chi connectivity index (χ2v) is 6.08. The molecule has 0 aliphatic carbocycles. The van der Waals surface area contributed by atoms with E-state index < -0.39 is 0 Å². The summed E-state index contributed by atoms with van der Waals surface area (Å²) in [6.45, 7) is 14.3. The van der Waals surface area contributed by atoms with Gasteiger partial charge in [0, 0.05) is 18.1 Å². The van der Waals surface area contributed by atoms with Crippen molar-refractivity contribution in [1.29, 1.82) is 0 Å². The SMILES string of the molecule is C=CCN(C(=O)c1cccc(NC(C)C)n1)C(C)(C)C. The molecule has 0 atom stereocenters. The summed E-state index contributed by atoms with van der Waals surface area (Å²) in [5.41, 5.74) is 0.182. The van der Waals surface area contributed by atoms with E-state index in [0.29, 0.717) is 12.2 Å². The average Bonchev–Trinajstić information content (AvgIpc) is 2.33. The van der Waals surface area contributed by atoms with E-state index in [0.717, 1.165) is 5.82 Å². The molecule has 0 saturated heterocycles. The van der Waals surface area contributed by atoms with Crippen LogP contribution in [-0.4, -0.2) is 33.9 Å². The second kappa shape index (κ2) is 6.55. The van der Waals surface area contributed by atoms with Gasteiger partial charge in [0.25, 0.3) is 5.91 Å². The number of rotatable bonds is 5. The van der Waals surface area contributed by atoms with Crippen molar-refractivity contribution < 1.29 is 4.79 Å². The van der Waals surface area contributed by atoms with E-state index in [2.05, 4.69) is 16.9 Å². The van der Waals surface area contributed by atoms with Gasteiger partial charge in [-0.3, -0.25) is 4.79 Å². The van der Waals surface area contributed by atoms with Gasteiger partial charge < -0.3 is 10.2 Å². The van der Waals surface area contributed by atoms with E-state index in [9.17, 15) is 4.79 Å². The Bertz CT molecular complexity index is 475. The van der Waals surface area contributed by atoms with Crippen LogP contribution in [-0.2, 0) is 0 Å². The van der Waals surface area contributed by atoms with Gasteiger partial charge in [-0.15, -0.1) is 6.58 Å². The van der Waals surface area contributed by atoms with Gasteiger partial charge in [0.2, 0.25) is 0 Å². The van der Waals surface area contributed by atoms with Crippen LogP contribution in [0.4, 0.5) is 5.82 Å². The molecule has 0 spiro atoms. The predicted molar refractivity (Wildman–Crippen MR) is 84.0 cm³/mol. The fourth-order valence-corrected chi connectivity index (χ4v) is 1.86. The Morgan fingerprint density at radius 3 is 2.60 bits per heavy atom. The summed E-state index contributed by atoms with van der Waals surface area (Å²) < 4.78 is 0. The molecule has 1 aromatic heterocycles. The number of carbonyl (C=O) groups is 1. The van der Waals surface area contributed by atoms with Crippen LogP contribution in [0.15, 0.2) is 30.9 Å². The Morgan fingerprint density at radius 2 is 2.10 bits per heavy atom. The van der Waals surface area contributed by atoms with Gasteiger partial charge in [0.05, 0.1) is 0 Å². The minimum atomic E-state index is -0.269. The minimum absolute atomic E-state index is 0.0789. The molecule has 1 rings (SSSR count). The molecule has 0 unspecified atom stereocenters. The Balaban J connectivity index is 3.03. The van der Waals surface area contributed by atoms with Crippen LogP contribution in [0, 0.1) is 0 Å². The zero-order valence-electron chi connectivity index (χ0n) is 13.1. The first-order valence-corrected chi connectivity index (χ1v) is 6.92. The molecule has 110 valence electrons. The second-order valence-electron chi connectivity index (χ2n) is 6.08. The van der Waals surface area contributed by atoms with Gasteiger partial charge >= 0.3 is 0 Å². The lowest BCUT2D eigenvalue weighted by Gasteiger charge is -2.34. The molecule has 1 N–H and O–H groups in total. The summed E-state index contributed by atoms with van der Waals surface area (Å²) in [4.78, 5) is 18.8. The Labute approximate surface area is 121 Å². The van der Waals surface area contributed by atoms with Gasteiger partial charge in [-0.05, 0) is 46.8 Å². The lowest BCUT2D eigenvalue weighted by molar-refractivity contribution is 0.0610. The minimum Gasteiger partial charge on any atom is -0.368 e. The average molecular weight is 275 g/mol. The molecule has 4 nitrogen and oxygen atoms in total. The Morgan fingerprint density at radius 1 is 1.45 bits per heavy atom. The third-order valence-corrected chi connectivity index (χ3v) is 2.77. The maximum atomic E-state index is 12.6. The van der Waals surface area contributed by atoms with Crippen LogP contribution in [0.3, 0.4) is 0 Å². The number of nitrogens with one attached hydrogen (secondary N) is 1. The number of carbonyl (C=O) groups excluding carboxylic acids is 1. The van der Waals surface area contributed by atoms with Gasteiger partial charge in [-0.2, -0.15) is 0 Å². The van der Waals surface area contributed by atoms with Crippen molar-refractivity contribution in [2.24, 2.45) is 0 Å². The van der Waals surface area contributed by atoms with Gasteiger partial charge in [0.1, 0.15) is 11.5 Å². The summed E-state index contributed by atoms with van der Waals surface area (Å²) in [6.07, 6.45) is 1.74. The first kappa shape index (κ1) is 16.2. The molecule has 0 fully saturated rings. The van der Waals surface area contributed by atoms with Crippen LogP contribution in [0.1, 0.15) is 45.1 Å². The molecule has 1 amide bonds. The molecular formula is C16H25N3O. The molecule has 0 bridgehead atoms. The van der Waals surface area contributed by atoms with Crippen molar-refractivity contribution in [2.45, 2.75) is 46.2 Å². The summed E-state index contributed by atoms with van der Waals surface area (Å²) in [5.74, 6) is 0.642. The Hall–Kier alpha value is -1.84. The largest absolute Gasteiger partial charge is 0.368 e. The third-order valence-electron chi connectivity index (χ3n) is 2.77. The maximum absolute atomic E-state index is 12.6. The van der Waals surface area contributed by atoms with E-state index in [4.69, 9.17) is 0 Å². The molecule has 1 heterocycles. The molecule has 4 heteroatoms. The summed E-state index contributed by atoms with van der Waals surface area (Å²) in [6, 6.07) is 5.74. The monoisotopic (exact) mass is 275 g/mol. The standard InChI is InChI=1S/C16H25N3O/c1-7-11-19(16(4,5)6)15(20)13-9-8-10-14(18-13)17-12(2)3/h7-10,12H,1,11H2,2-6H3,(H,17,18). The van der Waals surface area contributed by atoms with Crippen molar-refractivity contribution in [1.82, 2.24) is 9.88 Å². The molecule has 0 saturated carbocycles. The first-order chi connectivity index (χ1) is 9.25. The van der Waals surface area contributed by atoms with Crippen LogP contribution >= 0.6 is 0 Å². The zero-order valence-corrected chi connectivity index (χ0v) is 13.1. The molecule has 0 aliphatic rings. The summed E-state index contributed by atoms with van der Waals surface area (Å²) in [5, 5.41) is 3.21. The van der Waals surface area contributed by atoms with Crippen molar-refractivity contribution in [3.8, 4) is 0 Å². The number of pyridine rings is 1. The zero-order chi connectivity index (χ0) is 15.3.